The van der Waals surface area contributed by atoms with E-state index in [4.69, 9.17) is 15.1 Å². The third-order valence-corrected chi connectivity index (χ3v) is 2.77. The lowest BCUT2D eigenvalue weighted by atomic mass is 10.1. The number of carboxylic acid groups (broad SMARTS) is 1. The summed E-state index contributed by atoms with van der Waals surface area (Å²) < 4.78 is 18.7. The Labute approximate surface area is 109 Å². The average molecular weight is 291 g/mol. The van der Waals surface area contributed by atoms with Gasteiger partial charge in [0.25, 0.3) is 0 Å². The first-order chi connectivity index (χ1) is 9.36. The van der Waals surface area contributed by atoms with Gasteiger partial charge >= 0.3 is 11.7 Å². The van der Waals surface area contributed by atoms with E-state index in [2.05, 4.69) is 4.98 Å². The standard InChI is InChI=1S/C9H10FN3O7/c10-2-1-13(9(18)11-6(2)12-19)7-4(15)3(14)5(20-7)8(16)17/h1,3-5,7,14-15,19H,(H,16,17)(H,11,12,18)/t3-,4+,5-,7+/m0/s1. The van der Waals surface area contributed by atoms with Crippen LogP contribution >= 0.6 is 0 Å². The van der Waals surface area contributed by atoms with Gasteiger partial charge < -0.3 is 20.1 Å². The molecule has 1 saturated heterocycles. The summed E-state index contributed by atoms with van der Waals surface area (Å²) >= 11 is 0. The summed E-state index contributed by atoms with van der Waals surface area (Å²) in [6.45, 7) is 0. The summed E-state index contributed by atoms with van der Waals surface area (Å²) in [6.07, 6.45) is -6.38. The zero-order valence-corrected chi connectivity index (χ0v) is 9.67. The van der Waals surface area contributed by atoms with Gasteiger partial charge in [0.15, 0.2) is 24.0 Å². The molecule has 11 heteroatoms. The van der Waals surface area contributed by atoms with Crippen molar-refractivity contribution in [3.8, 4) is 0 Å². The van der Waals surface area contributed by atoms with Crippen LogP contribution in [0.5, 0.6) is 0 Å². The van der Waals surface area contributed by atoms with Crippen LogP contribution in [0.25, 0.3) is 0 Å². The Morgan fingerprint density at radius 3 is 2.60 bits per heavy atom. The molecule has 0 aromatic carbocycles. The predicted molar refractivity (Wildman–Crippen MR) is 57.4 cm³/mol. The van der Waals surface area contributed by atoms with Crippen LogP contribution in [0.1, 0.15) is 6.23 Å². The Hall–Kier alpha value is -2.08. The summed E-state index contributed by atoms with van der Waals surface area (Å²) in [6, 6.07) is 0. The molecule has 20 heavy (non-hydrogen) atoms. The van der Waals surface area contributed by atoms with E-state index in [1.165, 1.54) is 5.48 Å². The maximum absolute atomic E-state index is 13.4. The SMILES string of the molecule is O=C(O)[C@H]1O[C@@H](n2cc(F)c(NO)nc2=O)[C@H](O)[C@@H]1O. The molecule has 2 heterocycles. The molecule has 0 aliphatic carbocycles. The minimum absolute atomic E-state index is 0.479. The summed E-state index contributed by atoms with van der Waals surface area (Å²) in [5, 5.41) is 36.4. The average Bonchev–Trinajstić information content (AvgIpc) is 2.69. The summed E-state index contributed by atoms with van der Waals surface area (Å²) in [4.78, 5) is 25.5. The molecule has 4 atom stereocenters. The van der Waals surface area contributed by atoms with Crippen LogP contribution in [0.3, 0.4) is 0 Å². The number of hydrogen-bond donors (Lipinski definition) is 5. The number of anilines is 1. The van der Waals surface area contributed by atoms with Gasteiger partial charge in [0.05, 0.1) is 6.20 Å². The van der Waals surface area contributed by atoms with Crippen molar-refractivity contribution in [1.82, 2.24) is 9.55 Å². The highest BCUT2D eigenvalue weighted by Gasteiger charge is 2.48. The van der Waals surface area contributed by atoms with E-state index in [1.807, 2.05) is 0 Å². The Morgan fingerprint density at radius 2 is 2.10 bits per heavy atom. The fourth-order valence-electron chi connectivity index (χ4n) is 1.80. The van der Waals surface area contributed by atoms with Crippen LogP contribution in [0, 0.1) is 5.82 Å². The fraction of sp³-hybridized carbons (Fsp3) is 0.444. The van der Waals surface area contributed by atoms with Gasteiger partial charge in [0, 0.05) is 0 Å². The molecule has 1 fully saturated rings. The maximum atomic E-state index is 13.4. The molecule has 0 radical (unpaired) electrons. The van der Waals surface area contributed by atoms with Gasteiger partial charge in [-0.25, -0.2) is 19.5 Å². The van der Waals surface area contributed by atoms with Crippen LogP contribution in [-0.4, -0.2) is 54.4 Å². The molecule has 0 bridgehead atoms. The minimum atomic E-state index is -1.79. The van der Waals surface area contributed by atoms with Crippen LogP contribution in [0.4, 0.5) is 10.2 Å². The maximum Gasteiger partial charge on any atom is 0.351 e. The first-order valence-electron chi connectivity index (χ1n) is 5.30. The van der Waals surface area contributed by atoms with Gasteiger partial charge in [-0.3, -0.25) is 9.77 Å². The van der Waals surface area contributed by atoms with Gasteiger partial charge in [0.2, 0.25) is 0 Å². The highest BCUT2D eigenvalue weighted by molar-refractivity contribution is 5.73. The van der Waals surface area contributed by atoms with E-state index in [9.17, 15) is 24.2 Å². The number of aliphatic hydroxyl groups is 2. The molecule has 1 aromatic rings. The monoisotopic (exact) mass is 291 g/mol. The van der Waals surface area contributed by atoms with Crippen molar-refractivity contribution in [2.24, 2.45) is 0 Å². The number of carbonyl (C=O) groups is 1. The zero-order valence-electron chi connectivity index (χ0n) is 9.67. The summed E-state index contributed by atoms with van der Waals surface area (Å²) in [5.41, 5.74) is 0.234. The Bertz CT molecular complexity index is 591. The third kappa shape index (κ3) is 2.22. The number of ether oxygens (including phenoxy) is 1. The number of halogens is 1. The molecule has 0 unspecified atom stereocenters. The molecule has 0 spiro atoms. The normalized spacial score (nSPS) is 29.4. The molecular weight excluding hydrogens is 281 g/mol. The number of aliphatic hydroxyl groups excluding tert-OH is 2. The molecule has 0 saturated carbocycles. The van der Waals surface area contributed by atoms with Gasteiger partial charge in [0.1, 0.15) is 12.2 Å². The Kier molecular flexibility index (Phi) is 3.67. The smallest absolute Gasteiger partial charge is 0.351 e. The van der Waals surface area contributed by atoms with Gasteiger partial charge in [-0.1, -0.05) is 0 Å². The van der Waals surface area contributed by atoms with Gasteiger partial charge in [-0.15, -0.1) is 0 Å². The van der Waals surface area contributed by atoms with Crippen LogP contribution in [0.2, 0.25) is 0 Å². The van der Waals surface area contributed by atoms with E-state index >= 15 is 0 Å². The number of rotatable bonds is 3. The van der Waals surface area contributed by atoms with E-state index in [1.54, 1.807) is 0 Å². The number of nitrogens with zero attached hydrogens (tertiary/aromatic N) is 2. The lowest BCUT2D eigenvalue weighted by Crippen LogP contribution is -2.37. The molecule has 2 rings (SSSR count). The van der Waals surface area contributed by atoms with E-state index in [0.29, 0.717) is 10.8 Å². The first kappa shape index (κ1) is 14.3. The second-order valence-corrected chi connectivity index (χ2v) is 4.01. The molecule has 5 N–H and O–H groups in total. The molecule has 1 aliphatic rings. The molecule has 1 aliphatic heterocycles. The lowest BCUT2D eigenvalue weighted by Gasteiger charge is -2.17. The molecule has 1 aromatic heterocycles. The van der Waals surface area contributed by atoms with Gasteiger partial charge in [-0.05, 0) is 0 Å². The summed E-state index contributed by atoms with van der Waals surface area (Å²) in [5.74, 6) is -3.43. The van der Waals surface area contributed by atoms with Crippen LogP contribution < -0.4 is 11.2 Å². The topological polar surface area (TPSA) is 154 Å². The molecule has 10 nitrogen and oxygen atoms in total. The molecule has 110 valence electrons. The van der Waals surface area contributed by atoms with Crippen molar-refractivity contribution in [3.63, 3.8) is 0 Å². The predicted octanol–water partition coefficient (Wildman–Crippen LogP) is -2.11. The van der Waals surface area contributed by atoms with Gasteiger partial charge in [-0.2, -0.15) is 4.98 Å². The largest absolute Gasteiger partial charge is 0.479 e. The highest BCUT2D eigenvalue weighted by atomic mass is 19.1. The van der Waals surface area contributed by atoms with Crippen molar-refractivity contribution in [2.45, 2.75) is 24.5 Å². The lowest BCUT2D eigenvalue weighted by molar-refractivity contribution is -0.155. The molecule has 0 amide bonds. The van der Waals surface area contributed by atoms with Crippen molar-refractivity contribution >= 4 is 11.8 Å². The number of hydrogen-bond acceptors (Lipinski definition) is 8. The quantitative estimate of drug-likeness (QED) is 0.393. The van der Waals surface area contributed by atoms with Crippen LogP contribution in [0.15, 0.2) is 11.0 Å². The Morgan fingerprint density at radius 1 is 1.45 bits per heavy atom. The minimum Gasteiger partial charge on any atom is -0.479 e. The molecular formula is C9H10FN3O7. The zero-order chi connectivity index (χ0) is 15.0. The highest BCUT2D eigenvalue weighted by Crippen LogP contribution is 2.28. The fourth-order valence-corrected chi connectivity index (χ4v) is 1.80. The van der Waals surface area contributed by atoms with Crippen molar-refractivity contribution in [1.29, 1.82) is 0 Å². The summed E-state index contributed by atoms with van der Waals surface area (Å²) in [7, 11) is 0. The van der Waals surface area contributed by atoms with E-state index in [0.717, 1.165) is 0 Å². The second-order valence-electron chi connectivity index (χ2n) is 4.01. The van der Waals surface area contributed by atoms with E-state index < -0.39 is 47.8 Å². The van der Waals surface area contributed by atoms with Crippen molar-refractivity contribution in [3.05, 3.63) is 22.5 Å². The van der Waals surface area contributed by atoms with Crippen molar-refractivity contribution < 1.29 is 34.4 Å². The number of carboxylic acids is 1. The van der Waals surface area contributed by atoms with Crippen molar-refractivity contribution in [2.75, 3.05) is 5.48 Å². The number of nitrogens with one attached hydrogen (secondary N) is 1. The number of aliphatic carboxylic acids is 1. The first-order valence-corrected chi connectivity index (χ1v) is 5.30. The number of aromatic nitrogens is 2. The third-order valence-electron chi connectivity index (χ3n) is 2.77. The second kappa shape index (κ2) is 5.13. The van der Waals surface area contributed by atoms with E-state index in [-0.39, 0.29) is 0 Å². The van der Waals surface area contributed by atoms with Crippen LogP contribution in [-0.2, 0) is 9.53 Å². The Balaban J connectivity index is 2.40.